The van der Waals surface area contributed by atoms with Gasteiger partial charge in [-0.3, -0.25) is 0 Å². The number of rotatable bonds is 2. The van der Waals surface area contributed by atoms with Crippen LogP contribution in [0.3, 0.4) is 0 Å². The Labute approximate surface area is 105 Å². The lowest BCUT2D eigenvalue weighted by Crippen LogP contribution is -2.36. The summed E-state index contributed by atoms with van der Waals surface area (Å²) in [6, 6.07) is 0. The minimum Gasteiger partial charge on any atom is -0.393 e. The van der Waals surface area contributed by atoms with E-state index < -0.39 is 0 Å². The molecule has 0 aromatic heterocycles. The van der Waals surface area contributed by atoms with E-state index in [1.165, 1.54) is 18.4 Å². The highest BCUT2D eigenvalue weighted by Gasteiger charge is 2.69. The average molecular weight is 232 g/mol. The molecular formula is C16H24O. The first-order valence-electron chi connectivity index (χ1n) is 7.07. The molecule has 2 saturated carbocycles. The van der Waals surface area contributed by atoms with Crippen LogP contribution in [-0.2, 0) is 0 Å². The largest absolute Gasteiger partial charge is 0.393 e. The van der Waals surface area contributed by atoms with E-state index in [1.54, 1.807) is 0 Å². The van der Waals surface area contributed by atoms with E-state index in [0.717, 1.165) is 18.8 Å². The molecule has 0 saturated heterocycles. The third-order valence-corrected chi connectivity index (χ3v) is 5.67. The fourth-order valence-corrected chi connectivity index (χ4v) is 4.33. The van der Waals surface area contributed by atoms with Crippen LogP contribution in [0.2, 0.25) is 0 Å². The van der Waals surface area contributed by atoms with Crippen molar-refractivity contribution >= 4 is 0 Å². The van der Waals surface area contributed by atoms with Crippen molar-refractivity contribution in [3.05, 3.63) is 23.8 Å². The van der Waals surface area contributed by atoms with E-state index in [-0.39, 0.29) is 16.9 Å². The number of hydrogen-bond acceptors (Lipinski definition) is 1. The molecule has 3 aliphatic carbocycles. The Kier molecular flexibility index (Phi) is 2.36. The van der Waals surface area contributed by atoms with Crippen molar-refractivity contribution in [3.63, 3.8) is 0 Å². The predicted octanol–water partition coefficient (Wildman–Crippen LogP) is 3.70. The number of aliphatic hydroxyl groups is 1. The van der Waals surface area contributed by atoms with E-state index in [2.05, 4.69) is 39.0 Å². The molecule has 0 aliphatic heterocycles. The van der Waals surface area contributed by atoms with Crippen LogP contribution in [-0.4, -0.2) is 11.2 Å². The fraction of sp³-hybridized carbons (Fsp3) is 0.750. The first-order chi connectivity index (χ1) is 7.99. The summed E-state index contributed by atoms with van der Waals surface area (Å²) in [6.45, 7) is 6.86. The molecule has 4 atom stereocenters. The molecular weight excluding hydrogens is 208 g/mol. The second kappa shape index (κ2) is 3.47. The lowest BCUT2D eigenvalue weighted by molar-refractivity contribution is 0.0390. The molecule has 0 spiro atoms. The van der Waals surface area contributed by atoms with Crippen molar-refractivity contribution in [1.29, 1.82) is 0 Å². The van der Waals surface area contributed by atoms with Gasteiger partial charge in [-0.05, 0) is 48.5 Å². The zero-order valence-corrected chi connectivity index (χ0v) is 11.2. The van der Waals surface area contributed by atoms with Crippen molar-refractivity contribution in [2.45, 2.75) is 52.6 Å². The van der Waals surface area contributed by atoms with E-state index in [0.29, 0.717) is 5.92 Å². The topological polar surface area (TPSA) is 20.2 Å². The highest BCUT2D eigenvalue weighted by atomic mass is 16.3. The van der Waals surface area contributed by atoms with Crippen molar-refractivity contribution in [2.75, 3.05) is 0 Å². The summed E-state index contributed by atoms with van der Waals surface area (Å²) in [5.74, 6) is 1.41. The van der Waals surface area contributed by atoms with Gasteiger partial charge in [0.2, 0.25) is 0 Å². The van der Waals surface area contributed by atoms with Crippen LogP contribution in [0, 0.1) is 22.7 Å². The molecule has 94 valence electrons. The maximum atomic E-state index is 10.3. The molecule has 0 radical (unpaired) electrons. The fourth-order valence-electron chi connectivity index (χ4n) is 4.33. The number of allylic oxidation sites excluding steroid dienone is 4. The smallest absolute Gasteiger partial charge is 0.0607 e. The molecule has 0 amide bonds. The van der Waals surface area contributed by atoms with Crippen LogP contribution in [0.4, 0.5) is 0 Å². The molecule has 0 aromatic rings. The van der Waals surface area contributed by atoms with Gasteiger partial charge in [0.1, 0.15) is 0 Å². The average Bonchev–Trinajstić information content (AvgIpc) is 2.95. The van der Waals surface area contributed by atoms with Gasteiger partial charge in [-0.15, -0.1) is 0 Å². The summed E-state index contributed by atoms with van der Waals surface area (Å²) in [5.41, 5.74) is 1.89. The number of aliphatic hydroxyl groups excluding tert-OH is 1. The normalized spacial score (nSPS) is 48.2. The van der Waals surface area contributed by atoms with E-state index in [4.69, 9.17) is 0 Å². The van der Waals surface area contributed by atoms with Gasteiger partial charge < -0.3 is 5.11 Å². The monoisotopic (exact) mass is 232 g/mol. The Morgan fingerprint density at radius 3 is 2.53 bits per heavy atom. The molecule has 1 N–H and O–H groups in total. The molecule has 1 nitrogen and oxygen atoms in total. The molecule has 17 heavy (non-hydrogen) atoms. The molecule has 3 aliphatic rings. The maximum absolute atomic E-state index is 10.3. The van der Waals surface area contributed by atoms with Gasteiger partial charge in [-0.25, -0.2) is 0 Å². The highest BCUT2D eigenvalue weighted by molar-refractivity contribution is 5.33. The zero-order valence-electron chi connectivity index (χ0n) is 11.2. The lowest BCUT2D eigenvalue weighted by atomic mass is 9.66. The van der Waals surface area contributed by atoms with Crippen LogP contribution in [0.15, 0.2) is 23.8 Å². The Hall–Kier alpha value is -0.560. The molecule has 3 rings (SSSR count). The molecule has 4 unspecified atom stereocenters. The minimum atomic E-state index is -0.0591. The van der Waals surface area contributed by atoms with Gasteiger partial charge in [-0.1, -0.05) is 39.0 Å². The van der Waals surface area contributed by atoms with Crippen LogP contribution in [0.25, 0.3) is 0 Å². The Bertz CT molecular complexity index is 392. The molecule has 2 fully saturated rings. The summed E-state index contributed by atoms with van der Waals surface area (Å²) >= 11 is 0. The molecule has 0 heterocycles. The number of fused-ring (bicyclic) bond motifs is 1. The summed E-state index contributed by atoms with van der Waals surface area (Å²) in [5, 5.41) is 10.3. The summed E-state index contributed by atoms with van der Waals surface area (Å²) in [4.78, 5) is 0. The standard InChI is InChI=1S/C16H24O/c1-11(2)12-6-8-15(3,9-7-12)16-10-13(16)4-5-14(16)17/h6-8,11,13-14,17H,4-5,9-10H2,1-3H3. The Balaban J connectivity index is 1.85. The molecule has 0 aromatic carbocycles. The predicted molar refractivity (Wildman–Crippen MR) is 70.6 cm³/mol. The third-order valence-electron chi connectivity index (χ3n) is 5.67. The first kappa shape index (κ1) is 11.5. The van der Waals surface area contributed by atoms with E-state index in [1.807, 2.05) is 0 Å². The molecule has 0 bridgehead atoms. The second-order valence-electron chi connectivity index (χ2n) is 6.85. The quantitative estimate of drug-likeness (QED) is 0.769. The van der Waals surface area contributed by atoms with E-state index >= 15 is 0 Å². The third kappa shape index (κ3) is 1.41. The van der Waals surface area contributed by atoms with Crippen molar-refractivity contribution in [3.8, 4) is 0 Å². The van der Waals surface area contributed by atoms with Gasteiger partial charge >= 0.3 is 0 Å². The van der Waals surface area contributed by atoms with Crippen molar-refractivity contribution in [2.24, 2.45) is 22.7 Å². The van der Waals surface area contributed by atoms with Crippen molar-refractivity contribution in [1.82, 2.24) is 0 Å². The maximum Gasteiger partial charge on any atom is 0.0607 e. The van der Waals surface area contributed by atoms with Crippen LogP contribution < -0.4 is 0 Å². The zero-order chi connectivity index (χ0) is 12.3. The summed E-state index contributed by atoms with van der Waals surface area (Å²) in [6.07, 6.45) is 11.7. The van der Waals surface area contributed by atoms with Crippen LogP contribution in [0.5, 0.6) is 0 Å². The lowest BCUT2D eigenvalue weighted by Gasteiger charge is -2.39. The molecule has 1 heteroatoms. The van der Waals surface area contributed by atoms with Gasteiger partial charge in [-0.2, -0.15) is 0 Å². The van der Waals surface area contributed by atoms with E-state index in [9.17, 15) is 5.11 Å². The first-order valence-corrected chi connectivity index (χ1v) is 7.07. The highest BCUT2D eigenvalue weighted by Crippen LogP contribution is 2.73. The summed E-state index contributed by atoms with van der Waals surface area (Å²) in [7, 11) is 0. The second-order valence-corrected chi connectivity index (χ2v) is 6.85. The van der Waals surface area contributed by atoms with Crippen LogP contribution in [0.1, 0.15) is 46.5 Å². The van der Waals surface area contributed by atoms with Crippen molar-refractivity contribution < 1.29 is 5.11 Å². The number of hydrogen-bond donors (Lipinski definition) is 1. The Morgan fingerprint density at radius 1 is 1.35 bits per heavy atom. The van der Waals surface area contributed by atoms with Crippen LogP contribution >= 0.6 is 0 Å². The summed E-state index contributed by atoms with van der Waals surface area (Å²) < 4.78 is 0. The minimum absolute atomic E-state index is 0.0591. The van der Waals surface area contributed by atoms with Gasteiger partial charge in [0.25, 0.3) is 0 Å². The van der Waals surface area contributed by atoms with Gasteiger partial charge in [0.15, 0.2) is 0 Å². The Morgan fingerprint density at radius 2 is 2.12 bits per heavy atom. The SMILES string of the molecule is CC(C)C1=CCC(C)(C23CC2CCC3O)C=C1. The van der Waals surface area contributed by atoms with Gasteiger partial charge in [0, 0.05) is 5.41 Å². The van der Waals surface area contributed by atoms with Gasteiger partial charge in [0.05, 0.1) is 6.10 Å².